The first-order valence-corrected chi connectivity index (χ1v) is 7.03. The van der Waals surface area contributed by atoms with Crippen LogP contribution in [0.2, 0.25) is 0 Å². The monoisotopic (exact) mass is 281 g/mol. The van der Waals surface area contributed by atoms with E-state index in [1.54, 1.807) is 24.5 Å². The number of nitrogens with zero attached hydrogens (tertiary/aromatic N) is 2. The maximum atomic E-state index is 13.0. The first-order valence-electron chi connectivity index (χ1n) is 7.03. The first-order chi connectivity index (χ1) is 10.3. The summed E-state index contributed by atoms with van der Waals surface area (Å²) in [6.45, 7) is 2.13. The van der Waals surface area contributed by atoms with Gasteiger partial charge in [0.15, 0.2) is 0 Å². The third kappa shape index (κ3) is 2.84. The van der Waals surface area contributed by atoms with Crippen molar-refractivity contribution in [1.82, 2.24) is 15.0 Å². The molecule has 0 atom stereocenters. The van der Waals surface area contributed by atoms with Crippen LogP contribution in [-0.2, 0) is 6.42 Å². The molecule has 1 aromatic carbocycles. The largest absolute Gasteiger partial charge is 0.338 e. The van der Waals surface area contributed by atoms with Gasteiger partial charge < -0.3 is 4.98 Å². The lowest BCUT2D eigenvalue weighted by Crippen LogP contribution is -1.88. The average molecular weight is 281 g/mol. The van der Waals surface area contributed by atoms with Gasteiger partial charge in [-0.15, -0.1) is 0 Å². The number of H-pyrrole nitrogens is 1. The molecule has 0 saturated carbocycles. The summed E-state index contributed by atoms with van der Waals surface area (Å²) < 4.78 is 13.0. The van der Waals surface area contributed by atoms with Crippen LogP contribution in [0.5, 0.6) is 0 Å². The molecule has 106 valence electrons. The van der Waals surface area contributed by atoms with Crippen molar-refractivity contribution in [2.45, 2.75) is 19.8 Å². The maximum Gasteiger partial charge on any atom is 0.138 e. The summed E-state index contributed by atoms with van der Waals surface area (Å²) in [7, 11) is 0. The molecule has 0 aliphatic heterocycles. The van der Waals surface area contributed by atoms with E-state index in [1.165, 1.54) is 12.1 Å². The lowest BCUT2D eigenvalue weighted by Gasteiger charge is -2.00. The Kier molecular flexibility index (Phi) is 3.77. The van der Waals surface area contributed by atoms with Gasteiger partial charge in [-0.25, -0.2) is 9.37 Å². The number of aromatic nitrogens is 3. The Balaban J connectivity index is 2.06. The van der Waals surface area contributed by atoms with Gasteiger partial charge in [-0.05, 0) is 42.8 Å². The van der Waals surface area contributed by atoms with Gasteiger partial charge >= 0.3 is 0 Å². The topological polar surface area (TPSA) is 41.6 Å². The predicted octanol–water partition coefficient (Wildman–Crippen LogP) is 4.23. The molecule has 0 amide bonds. The van der Waals surface area contributed by atoms with Crippen LogP contribution >= 0.6 is 0 Å². The highest BCUT2D eigenvalue weighted by atomic mass is 19.1. The van der Waals surface area contributed by atoms with Crippen LogP contribution in [0.3, 0.4) is 0 Å². The fourth-order valence-corrected chi connectivity index (χ4v) is 2.33. The van der Waals surface area contributed by atoms with E-state index in [2.05, 4.69) is 21.9 Å². The molecule has 3 rings (SSSR count). The predicted molar refractivity (Wildman–Crippen MR) is 81.2 cm³/mol. The number of imidazole rings is 1. The van der Waals surface area contributed by atoms with Crippen LogP contribution < -0.4 is 0 Å². The van der Waals surface area contributed by atoms with Gasteiger partial charge in [0, 0.05) is 23.5 Å². The number of aromatic amines is 1. The number of rotatable bonds is 4. The SMILES string of the molecule is CCCc1nc(-c2ccc(F)cc2)[nH]c1-c1ccncc1. The van der Waals surface area contributed by atoms with Crippen molar-refractivity contribution in [3.05, 3.63) is 60.3 Å². The van der Waals surface area contributed by atoms with Crippen LogP contribution in [0.25, 0.3) is 22.6 Å². The molecular weight excluding hydrogens is 265 g/mol. The van der Waals surface area contributed by atoms with E-state index in [9.17, 15) is 4.39 Å². The van der Waals surface area contributed by atoms with Gasteiger partial charge in [0.25, 0.3) is 0 Å². The molecule has 2 aromatic heterocycles. The summed E-state index contributed by atoms with van der Waals surface area (Å²) in [4.78, 5) is 12.1. The average Bonchev–Trinajstić information content (AvgIpc) is 2.93. The Hall–Kier alpha value is -2.49. The second-order valence-corrected chi connectivity index (χ2v) is 4.90. The third-order valence-corrected chi connectivity index (χ3v) is 3.35. The highest BCUT2D eigenvalue weighted by molar-refractivity contribution is 5.67. The molecule has 0 saturated heterocycles. The van der Waals surface area contributed by atoms with Gasteiger partial charge in [-0.2, -0.15) is 0 Å². The van der Waals surface area contributed by atoms with E-state index in [-0.39, 0.29) is 5.82 Å². The second-order valence-electron chi connectivity index (χ2n) is 4.90. The third-order valence-electron chi connectivity index (χ3n) is 3.35. The minimum Gasteiger partial charge on any atom is -0.338 e. The molecule has 3 aromatic rings. The molecule has 0 aliphatic carbocycles. The minimum absolute atomic E-state index is 0.242. The molecule has 3 nitrogen and oxygen atoms in total. The van der Waals surface area contributed by atoms with Crippen molar-refractivity contribution in [2.24, 2.45) is 0 Å². The summed E-state index contributed by atoms with van der Waals surface area (Å²) in [6, 6.07) is 10.3. The lowest BCUT2D eigenvalue weighted by atomic mass is 10.1. The van der Waals surface area contributed by atoms with Crippen molar-refractivity contribution >= 4 is 0 Å². The van der Waals surface area contributed by atoms with Crippen LogP contribution in [0.15, 0.2) is 48.8 Å². The zero-order valence-corrected chi connectivity index (χ0v) is 11.8. The number of benzene rings is 1. The van der Waals surface area contributed by atoms with Gasteiger partial charge in [0.1, 0.15) is 11.6 Å². The van der Waals surface area contributed by atoms with Crippen molar-refractivity contribution in [1.29, 1.82) is 0 Å². The van der Waals surface area contributed by atoms with E-state index >= 15 is 0 Å². The summed E-state index contributed by atoms with van der Waals surface area (Å²) in [6.07, 6.45) is 5.45. The summed E-state index contributed by atoms with van der Waals surface area (Å²) in [5.74, 6) is 0.527. The van der Waals surface area contributed by atoms with Crippen LogP contribution in [0.4, 0.5) is 4.39 Å². The zero-order chi connectivity index (χ0) is 14.7. The van der Waals surface area contributed by atoms with E-state index < -0.39 is 0 Å². The van der Waals surface area contributed by atoms with Gasteiger partial charge in [-0.3, -0.25) is 4.98 Å². The fraction of sp³-hybridized carbons (Fsp3) is 0.176. The number of pyridine rings is 1. The van der Waals surface area contributed by atoms with Gasteiger partial charge in [0.05, 0.1) is 11.4 Å². The highest BCUT2D eigenvalue weighted by Gasteiger charge is 2.12. The number of halogens is 1. The van der Waals surface area contributed by atoms with E-state index in [1.807, 2.05) is 12.1 Å². The Morgan fingerprint density at radius 3 is 2.38 bits per heavy atom. The van der Waals surface area contributed by atoms with Crippen molar-refractivity contribution in [3.63, 3.8) is 0 Å². The van der Waals surface area contributed by atoms with Crippen molar-refractivity contribution in [2.75, 3.05) is 0 Å². The van der Waals surface area contributed by atoms with Crippen molar-refractivity contribution in [3.8, 4) is 22.6 Å². The number of hydrogen-bond acceptors (Lipinski definition) is 2. The van der Waals surface area contributed by atoms with Gasteiger partial charge in [0.2, 0.25) is 0 Å². The molecule has 0 fully saturated rings. The van der Waals surface area contributed by atoms with E-state index in [0.29, 0.717) is 0 Å². The number of hydrogen-bond donors (Lipinski definition) is 1. The minimum atomic E-state index is -0.242. The standard InChI is InChI=1S/C17H16FN3/c1-2-3-15-16(12-8-10-19-11-9-12)21-17(20-15)13-4-6-14(18)7-5-13/h4-11H,2-3H2,1H3,(H,20,21). The van der Waals surface area contributed by atoms with Gasteiger partial charge in [-0.1, -0.05) is 13.3 Å². The lowest BCUT2D eigenvalue weighted by molar-refractivity contribution is 0.628. The first kappa shape index (κ1) is 13.5. The maximum absolute atomic E-state index is 13.0. The second kappa shape index (κ2) is 5.87. The molecule has 21 heavy (non-hydrogen) atoms. The summed E-state index contributed by atoms with van der Waals surface area (Å²) in [5.41, 5.74) is 3.99. The Morgan fingerprint density at radius 1 is 1.00 bits per heavy atom. The quantitative estimate of drug-likeness (QED) is 0.777. The Morgan fingerprint density at radius 2 is 1.71 bits per heavy atom. The van der Waals surface area contributed by atoms with Crippen LogP contribution in [0.1, 0.15) is 19.0 Å². The number of aryl methyl sites for hydroxylation is 1. The molecule has 0 unspecified atom stereocenters. The van der Waals surface area contributed by atoms with Crippen LogP contribution in [0, 0.1) is 5.82 Å². The molecule has 2 heterocycles. The molecule has 0 radical (unpaired) electrons. The molecule has 0 spiro atoms. The smallest absolute Gasteiger partial charge is 0.138 e. The summed E-state index contributed by atoms with van der Waals surface area (Å²) in [5, 5.41) is 0. The molecule has 1 N–H and O–H groups in total. The fourth-order valence-electron chi connectivity index (χ4n) is 2.33. The Labute approximate surface area is 122 Å². The number of nitrogens with one attached hydrogen (secondary N) is 1. The zero-order valence-electron chi connectivity index (χ0n) is 11.8. The van der Waals surface area contributed by atoms with E-state index in [4.69, 9.17) is 0 Å². The van der Waals surface area contributed by atoms with Crippen molar-refractivity contribution < 1.29 is 4.39 Å². The normalized spacial score (nSPS) is 10.8. The molecule has 0 aliphatic rings. The molecular formula is C17H16FN3. The van der Waals surface area contributed by atoms with E-state index in [0.717, 1.165) is 41.2 Å². The van der Waals surface area contributed by atoms with Crippen LogP contribution in [-0.4, -0.2) is 15.0 Å². The molecule has 4 heteroatoms. The summed E-state index contributed by atoms with van der Waals surface area (Å²) >= 11 is 0. The highest BCUT2D eigenvalue weighted by Crippen LogP contribution is 2.26. The Bertz CT molecular complexity index is 718. The molecule has 0 bridgehead atoms.